The van der Waals surface area contributed by atoms with Gasteiger partial charge in [-0.1, -0.05) is 34.1 Å². The van der Waals surface area contributed by atoms with Gasteiger partial charge in [0.05, 0.1) is 6.10 Å². The minimum Gasteiger partial charge on any atom is -0.388 e. The molecule has 0 aromatic heterocycles. The fourth-order valence-corrected chi connectivity index (χ4v) is 2.74. The van der Waals surface area contributed by atoms with E-state index in [9.17, 15) is 9.50 Å². The predicted octanol–water partition coefficient (Wildman–Crippen LogP) is 4.47. The van der Waals surface area contributed by atoms with Crippen LogP contribution >= 0.6 is 38.5 Å². The lowest BCUT2D eigenvalue weighted by Gasteiger charge is -2.14. The molecule has 0 amide bonds. The number of hydrogen-bond donors (Lipinski definition) is 1. The molecule has 0 heterocycles. The maximum absolute atomic E-state index is 13.7. The first-order valence-corrected chi connectivity index (χ1v) is 7.31. The Hall–Kier alpha value is -0.460. The number of halogens is 3. The third-order valence-electron chi connectivity index (χ3n) is 2.68. The molecule has 18 heavy (non-hydrogen) atoms. The first-order valence-electron chi connectivity index (χ1n) is 5.44. The van der Waals surface area contributed by atoms with Crippen LogP contribution in [0.25, 0.3) is 0 Å². The van der Waals surface area contributed by atoms with Crippen molar-refractivity contribution in [3.63, 3.8) is 0 Å². The summed E-state index contributed by atoms with van der Waals surface area (Å²) >= 11 is 5.49. The molecule has 0 aliphatic heterocycles. The van der Waals surface area contributed by atoms with Gasteiger partial charge in [0.15, 0.2) is 0 Å². The predicted molar refractivity (Wildman–Crippen MR) is 81.9 cm³/mol. The number of benzene rings is 2. The van der Waals surface area contributed by atoms with Crippen molar-refractivity contribution in [1.29, 1.82) is 0 Å². The van der Waals surface area contributed by atoms with Gasteiger partial charge in [0.1, 0.15) is 5.82 Å². The van der Waals surface area contributed by atoms with E-state index in [0.717, 1.165) is 9.13 Å². The zero-order valence-corrected chi connectivity index (χ0v) is 13.2. The lowest BCUT2D eigenvalue weighted by Crippen LogP contribution is -2.05. The van der Waals surface area contributed by atoms with Crippen LogP contribution in [-0.2, 0) is 6.42 Å². The summed E-state index contributed by atoms with van der Waals surface area (Å²) in [4.78, 5) is 0. The molecule has 0 aliphatic carbocycles. The van der Waals surface area contributed by atoms with Crippen LogP contribution in [-0.4, -0.2) is 5.11 Å². The number of aliphatic hydroxyl groups excluding tert-OH is 1. The van der Waals surface area contributed by atoms with Crippen molar-refractivity contribution in [1.82, 2.24) is 0 Å². The van der Waals surface area contributed by atoms with Crippen molar-refractivity contribution >= 4 is 38.5 Å². The van der Waals surface area contributed by atoms with Crippen molar-refractivity contribution in [2.75, 3.05) is 0 Å². The maximum atomic E-state index is 13.7. The van der Waals surface area contributed by atoms with Crippen molar-refractivity contribution in [2.45, 2.75) is 12.5 Å². The summed E-state index contributed by atoms with van der Waals surface area (Å²) in [5.74, 6) is -0.387. The molecule has 0 fully saturated rings. The van der Waals surface area contributed by atoms with E-state index in [1.807, 2.05) is 24.3 Å². The number of hydrogen-bond acceptors (Lipinski definition) is 1. The van der Waals surface area contributed by atoms with E-state index in [4.69, 9.17) is 0 Å². The van der Waals surface area contributed by atoms with Gasteiger partial charge in [-0.25, -0.2) is 4.39 Å². The third kappa shape index (κ3) is 3.30. The standard InChI is InChI=1S/C14H11BrFIO/c15-11-2-1-3-12(16)14(11)13(18)8-9-4-6-10(17)7-5-9/h1-7,13,18H,8H2. The molecule has 1 atom stereocenters. The summed E-state index contributed by atoms with van der Waals surface area (Å²) in [6.07, 6.45) is -0.447. The summed E-state index contributed by atoms with van der Waals surface area (Å²) in [6, 6.07) is 12.5. The molecule has 94 valence electrons. The van der Waals surface area contributed by atoms with E-state index in [-0.39, 0.29) is 5.82 Å². The van der Waals surface area contributed by atoms with Crippen molar-refractivity contribution < 1.29 is 9.50 Å². The molecular weight excluding hydrogens is 410 g/mol. The van der Waals surface area contributed by atoms with Gasteiger partial charge in [0, 0.05) is 20.0 Å². The van der Waals surface area contributed by atoms with E-state index in [1.54, 1.807) is 12.1 Å². The maximum Gasteiger partial charge on any atom is 0.130 e. The summed E-state index contributed by atoms with van der Waals surface area (Å²) in [6.45, 7) is 0. The van der Waals surface area contributed by atoms with Gasteiger partial charge >= 0.3 is 0 Å². The summed E-state index contributed by atoms with van der Waals surface area (Å²) < 4.78 is 15.4. The van der Waals surface area contributed by atoms with E-state index >= 15 is 0 Å². The first kappa shape index (κ1) is 14.0. The zero-order chi connectivity index (χ0) is 13.1. The molecule has 0 saturated heterocycles. The zero-order valence-electron chi connectivity index (χ0n) is 9.41. The number of rotatable bonds is 3. The molecule has 4 heteroatoms. The molecule has 0 bridgehead atoms. The van der Waals surface area contributed by atoms with Crippen molar-refractivity contribution in [3.8, 4) is 0 Å². The minimum atomic E-state index is -0.847. The quantitative estimate of drug-likeness (QED) is 0.726. The van der Waals surface area contributed by atoms with Gasteiger partial charge in [-0.15, -0.1) is 0 Å². The molecule has 1 unspecified atom stereocenters. The van der Waals surface area contributed by atoms with Gasteiger partial charge in [0.25, 0.3) is 0 Å². The monoisotopic (exact) mass is 420 g/mol. The summed E-state index contributed by atoms with van der Waals surface area (Å²) in [7, 11) is 0. The highest BCUT2D eigenvalue weighted by Gasteiger charge is 2.16. The molecular formula is C14H11BrFIO. The Morgan fingerprint density at radius 3 is 2.44 bits per heavy atom. The molecule has 1 N–H and O–H groups in total. The Morgan fingerprint density at radius 2 is 1.83 bits per heavy atom. The molecule has 2 aromatic carbocycles. The van der Waals surface area contributed by atoms with Gasteiger partial charge in [-0.2, -0.15) is 0 Å². The highest BCUT2D eigenvalue weighted by atomic mass is 127. The second kappa shape index (κ2) is 6.12. The van der Waals surface area contributed by atoms with Crippen LogP contribution in [0.1, 0.15) is 17.2 Å². The topological polar surface area (TPSA) is 20.2 Å². The molecule has 2 aromatic rings. The van der Waals surface area contributed by atoms with Crippen molar-refractivity contribution in [3.05, 3.63) is 67.5 Å². The lowest BCUT2D eigenvalue weighted by atomic mass is 10.0. The van der Waals surface area contributed by atoms with Crippen LogP contribution in [0.5, 0.6) is 0 Å². The van der Waals surface area contributed by atoms with Gasteiger partial charge in [-0.3, -0.25) is 0 Å². The average Bonchev–Trinajstić information content (AvgIpc) is 2.32. The van der Waals surface area contributed by atoms with E-state index < -0.39 is 6.10 Å². The van der Waals surface area contributed by atoms with Crippen LogP contribution < -0.4 is 0 Å². The fourth-order valence-electron chi connectivity index (χ4n) is 1.77. The average molecular weight is 421 g/mol. The summed E-state index contributed by atoms with van der Waals surface area (Å²) in [5, 5.41) is 10.1. The van der Waals surface area contributed by atoms with Gasteiger partial charge in [-0.05, 0) is 52.4 Å². The third-order valence-corrected chi connectivity index (χ3v) is 4.09. The molecule has 0 radical (unpaired) electrons. The Labute approximate surface area is 127 Å². The van der Waals surface area contributed by atoms with Crippen LogP contribution in [0.4, 0.5) is 4.39 Å². The van der Waals surface area contributed by atoms with E-state index in [0.29, 0.717) is 16.5 Å². The SMILES string of the molecule is OC(Cc1ccc(I)cc1)c1c(F)cccc1Br. The largest absolute Gasteiger partial charge is 0.388 e. The molecule has 0 saturated carbocycles. The summed E-state index contributed by atoms with van der Waals surface area (Å²) in [5.41, 5.74) is 1.30. The Kier molecular flexibility index (Phi) is 4.75. The smallest absolute Gasteiger partial charge is 0.130 e. The second-order valence-corrected chi connectivity index (χ2v) is 6.08. The number of aliphatic hydroxyl groups is 1. The van der Waals surface area contributed by atoms with Crippen LogP contribution in [0.3, 0.4) is 0 Å². The van der Waals surface area contributed by atoms with Gasteiger partial charge in [0.2, 0.25) is 0 Å². The highest BCUT2D eigenvalue weighted by Crippen LogP contribution is 2.28. The molecule has 0 aliphatic rings. The molecule has 0 spiro atoms. The normalized spacial score (nSPS) is 12.4. The van der Waals surface area contributed by atoms with E-state index in [1.165, 1.54) is 6.07 Å². The van der Waals surface area contributed by atoms with E-state index in [2.05, 4.69) is 38.5 Å². The molecule has 2 rings (SSSR count). The van der Waals surface area contributed by atoms with Crippen LogP contribution in [0, 0.1) is 9.39 Å². The van der Waals surface area contributed by atoms with Gasteiger partial charge < -0.3 is 5.11 Å². The second-order valence-electron chi connectivity index (χ2n) is 3.98. The minimum absolute atomic E-state index is 0.316. The fraction of sp³-hybridized carbons (Fsp3) is 0.143. The Morgan fingerprint density at radius 1 is 1.17 bits per heavy atom. The Bertz CT molecular complexity index is 522. The molecule has 1 nitrogen and oxygen atoms in total. The van der Waals surface area contributed by atoms with Crippen molar-refractivity contribution in [2.24, 2.45) is 0 Å². The highest BCUT2D eigenvalue weighted by molar-refractivity contribution is 14.1. The first-order chi connectivity index (χ1) is 8.58. The van der Waals surface area contributed by atoms with Crippen LogP contribution in [0.15, 0.2) is 46.9 Å². The van der Waals surface area contributed by atoms with Crippen LogP contribution in [0.2, 0.25) is 0 Å². The Balaban J connectivity index is 2.22. The lowest BCUT2D eigenvalue weighted by molar-refractivity contribution is 0.173.